The van der Waals surface area contributed by atoms with Crippen molar-refractivity contribution in [1.29, 1.82) is 0 Å². The maximum absolute atomic E-state index is 5.08. The Labute approximate surface area is 97.5 Å². The summed E-state index contributed by atoms with van der Waals surface area (Å²) in [6, 6.07) is 2.11. The maximum atomic E-state index is 5.08. The van der Waals surface area contributed by atoms with Gasteiger partial charge in [-0.15, -0.1) is 0 Å². The molecule has 0 radical (unpaired) electrons. The summed E-state index contributed by atoms with van der Waals surface area (Å²) in [6.45, 7) is 6.61. The van der Waals surface area contributed by atoms with Crippen LogP contribution in [0.25, 0.3) is 0 Å². The molecule has 0 aromatic carbocycles. The largest absolute Gasteiger partial charge is 0.481 e. The van der Waals surface area contributed by atoms with Crippen molar-refractivity contribution in [2.45, 2.75) is 33.2 Å². The van der Waals surface area contributed by atoms with Crippen LogP contribution >= 0.6 is 0 Å². The van der Waals surface area contributed by atoms with Crippen molar-refractivity contribution in [3.63, 3.8) is 0 Å². The predicted molar refractivity (Wildman–Crippen MR) is 64.6 cm³/mol. The fourth-order valence-corrected chi connectivity index (χ4v) is 1.62. The van der Waals surface area contributed by atoms with Crippen LogP contribution in [0.5, 0.6) is 5.88 Å². The summed E-state index contributed by atoms with van der Waals surface area (Å²) < 4.78 is 5.08. The summed E-state index contributed by atoms with van der Waals surface area (Å²) >= 11 is 0. The fraction of sp³-hybridized carbons (Fsp3) is 0.667. The van der Waals surface area contributed by atoms with Crippen molar-refractivity contribution in [1.82, 2.24) is 15.3 Å². The molecule has 90 valence electrons. The van der Waals surface area contributed by atoms with Crippen molar-refractivity contribution in [3.8, 4) is 5.88 Å². The van der Waals surface area contributed by atoms with Crippen LogP contribution in [0.15, 0.2) is 12.3 Å². The lowest BCUT2D eigenvalue weighted by atomic mass is 9.85. The summed E-state index contributed by atoms with van der Waals surface area (Å²) in [5.41, 5.74) is 0.182. The first-order chi connectivity index (χ1) is 7.47. The third-order valence-electron chi connectivity index (χ3n) is 2.67. The van der Waals surface area contributed by atoms with Gasteiger partial charge < -0.3 is 10.1 Å². The second kappa shape index (κ2) is 5.25. The lowest BCUT2D eigenvalue weighted by Gasteiger charge is -2.29. The van der Waals surface area contributed by atoms with Gasteiger partial charge >= 0.3 is 0 Å². The van der Waals surface area contributed by atoms with Gasteiger partial charge in [-0.3, -0.25) is 0 Å². The highest BCUT2D eigenvalue weighted by Crippen LogP contribution is 2.21. The van der Waals surface area contributed by atoms with Crippen molar-refractivity contribution in [2.75, 3.05) is 14.2 Å². The first-order valence-electron chi connectivity index (χ1n) is 5.50. The number of rotatable bonds is 4. The quantitative estimate of drug-likeness (QED) is 0.843. The Hall–Kier alpha value is -1.16. The Morgan fingerprint density at radius 1 is 1.44 bits per heavy atom. The van der Waals surface area contributed by atoms with Crippen molar-refractivity contribution in [3.05, 3.63) is 18.1 Å². The molecule has 1 atom stereocenters. The Morgan fingerprint density at radius 3 is 2.62 bits per heavy atom. The third kappa shape index (κ3) is 3.45. The summed E-state index contributed by atoms with van der Waals surface area (Å²) in [5, 5.41) is 3.31. The number of nitrogens with one attached hydrogen (secondary N) is 1. The van der Waals surface area contributed by atoms with Gasteiger partial charge in [-0.05, 0) is 12.5 Å². The lowest BCUT2D eigenvalue weighted by Crippen LogP contribution is -2.40. The number of aromatic nitrogens is 2. The molecule has 0 amide bonds. The Balaban J connectivity index is 2.78. The zero-order chi connectivity index (χ0) is 12.2. The topological polar surface area (TPSA) is 47.0 Å². The van der Waals surface area contributed by atoms with Crippen LogP contribution in [0.4, 0.5) is 0 Å². The van der Waals surface area contributed by atoms with E-state index in [2.05, 4.69) is 36.1 Å². The smallest absolute Gasteiger partial charge is 0.216 e. The molecule has 0 fully saturated rings. The van der Waals surface area contributed by atoms with Crippen LogP contribution < -0.4 is 10.1 Å². The molecule has 0 saturated carbocycles. The van der Waals surface area contributed by atoms with Crippen molar-refractivity contribution >= 4 is 0 Å². The molecule has 1 aromatic rings. The molecule has 0 aliphatic rings. The zero-order valence-corrected chi connectivity index (χ0v) is 10.7. The highest BCUT2D eigenvalue weighted by atomic mass is 16.5. The number of hydrogen-bond donors (Lipinski definition) is 1. The van der Waals surface area contributed by atoms with Gasteiger partial charge in [0.15, 0.2) is 0 Å². The molecule has 0 aliphatic heterocycles. The van der Waals surface area contributed by atoms with E-state index in [1.54, 1.807) is 19.4 Å². The molecule has 4 nitrogen and oxygen atoms in total. The zero-order valence-electron chi connectivity index (χ0n) is 10.7. The van der Waals surface area contributed by atoms with Gasteiger partial charge in [0.05, 0.1) is 7.11 Å². The molecule has 1 aromatic heterocycles. The molecule has 0 spiro atoms. The van der Waals surface area contributed by atoms with E-state index in [1.165, 1.54) is 0 Å². The van der Waals surface area contributed by atoms with E-state index in [9.17, 15) is 0 Å². The van der Waals surface area contributed by atoms with Crippen LogP contribution in [-0.4, -0.2) is 30.2 Å². The third-order valence-corrected chi connectivity index (χ3v) is 2.67. The number of likely N-dealkylation sites (N-methyl/N-ethyl adjacent to an activating group) is 1. The fourth-order valence-electron chi connectivity index (χ4n) is 1.62. The first-order valence-corrected chi connectivity index (χ1v) is 5.50. The van der Waals surface area contributed by atoms with Crippen LogP contribution in [0.2, 0.25) is 0 Å². The predicted octanol–water partition coefficient (Wildman–Crippen LogP) is 1.66. The normalized spacial score (nSPS) is 13.6. The molecule has 1 rings (SSSR count). The average Bonchev–Trinajstić information content (AvgIpc) is 2.24. The summed E-state index contributed by atoms with van der Waals surface area (Å²) in [4.78, 5) is 8.58. The lowest BCUT2D eigenvalue weighted by molar-refractivity contribution is 0.275. The summed E-state index contributed by atoms with van der Waals surface area (Å²) in [5.74, 6) is 1.43. The van der Waals surface area contributed by atoms with Crippen molar-refractivity contribution in [2.24, 2.45) is 5.41 Å². The first kappa shape index (κ1) is 12.9. The van der Waals surface area contributed by atoms with E-state index in [4.69, 9.17) is 4.74 Å². The van der Waals surface area contributed by atoms with Crippen LogP contribution in [0.3, 0.4) is 0 Å². The molecule has 16 heavy (non-hydrogen) atoms. The average molecular weight is 223 g/mol. The molecule has 0 bridgehead atoms. The van der Waals surface area contributed by atoms with Gasteiger partial charge in [0, 0.05) is 24.7 Å². The van der Waals surface area contributed by atoms with Gasteiger partial charge in [-0.2, -0.15) is 4.98 Å². The van der Waals surface area contributed by atoms with E-state index in [0.29, 0.717) is 11.9 Å². The Kier molecular flexibility index (Phi) is 4.24. The monoisotopic (exact) mass is 223 g/mol. The highest BCUT2D eigenvalue weighted by molar-refractivity contribution is 5.09. The number of methoxy groups -OCH3 is 1. The molecule has 1 heterocycles. The van der Waals surface area contributed by atoms with E-state index < -0.39 is 0 Å². The van der Waals surface area contributed by atoms with Crippen LogP contribution in [0, 0.1) is 5.41 Å². The molecular formula is C12H21N3O. The van der Waals surface area contributed by atoms with E-state index in [0.717, 1.165) is 12.2 Å². The minimum atomic E-state index is 0.182. The Bertz CT molecular complexity index is 333. The maximum Gasteiger partial charge on any atom is 0.216 e. The minimum absolute atomic E-state index is 0.182. The number of hydrogen-bond acceptors (Lipinski definition) is 4. The SMILES string of the molecule is CNC(Cc1nccc(OC)n1)C(C)(C)C. The van der Waals surface area contributed by atoms with E-state index >= 15 is 0 Å². The van der Waals surface area contributed by atoms with Gasteiger partial charge in [0.25, 0.3) is 0 Å². The standard InChI is InChI=1S/C12H21N3O/c1-12(2,3)9(13-4)8-10-14-7-6-11(15-10)16-5/h6-7,9,13H,8H2,1-5H3. The number of ether oxygens (including phenoxy) is 1. The second-order valence-corrected chi connectivity index (χ2v) is 4.93. The van der Waals surface area contributed by atoms with Crippen LogP contribution in [0.1, 0.15) is 26.6 Å². The van der Waals surface area contributed by atoms with Gasteiger partial charge in [-0.25, -0.2) is 4.98 Å². The van der Waals surface area contributed by atoms with E-state index in [1.807, 2.05) is 7.05 Å². The minimum Gasteiger partial charge on any atom is -0.481 e. The van der Waals surface area contributed by atoms with Crippen LogP contribution in [-0.2, 0) is 6.42 Å². The molecule has 0 aliphatic carbocycles. The summed E-state index contributed by atoms with van der Waals surface area (Å²) in [7, 11) is 3.58. The van der Waals surface area contributed by atoms with Gasteiger partial charge in [0.1, 0.15) is 5.82 Å². The molecule has 1 unspecified atom stereocenters. The Morgan fingerprint density at radius 2 is 2.12 bits per heavy atom. The van der Waals surface area contributed by atoms with Crippen molar-refractivity contribution < 1.29 is 4.74 Å². The van der Waals surface area contributed by atoms with Gasteiger partial charge in [0.2, 0.25) is 5.88 Å². The highest BCUT2D eigenvalue weighted by Gasteiger charge is 2.24. The van der Waals surface area contributed by atoms with Gasteiger partial charge in [-0.1, -0.05) is 20.8 Å². The molecule has 0 saturated heterocycles. The van der Waals surface area contributed by atoms with E-state index in [-0.39, 0.29) is 5.41 Å². The molecular weight excluding hydrogens is 202 g/mol. The molecule has 4 heteroatoms. The molecule has 1 N–H and O–H groups in total. The second-order valence-electron chi connectivity index (χ2n) is 4.93. The summed E-state index contributed by atoms with van der Waals surface area (Å²) in [6.07, 6.45) is 2.54. The number of nitrogens with zero attached hydrogens (tertiary/aromatic N) is 2.